The predicted molar refractivity (Wildman–Crippen MR) is 77.0 cm³/mol. The van der Waals surface area contributed by atoms with Gasteiger partial charge in [0.2, 0.25) is 0 Å². The van der Waals surface area contributed by atoms with Gasteiger partial charge in [-0.25, -0.2) is 8.42 Å². The lowest BCUT2D eigenvalue weighted by Gasteiger charge is -2.22. The number of ether oxygens (including phenoxy) is 1. The van der Waals surface area contributed by atoms with E-state index >= 15 is 0 Å². The normalized spacial score (nSPS) is 21.1. The average molecular weight is 297 g/mol. The second-order valence-electron chi connectivity index (χ2n) is 5.13. The van der Waals surface area contributed by atoms with Crippen molar-refractivity contribution >= 4 is 15.6 Å². The van der Waals surface area contributed by atoms with Gasteiger partial charge in [0.1, 0.15) is 5.75 Å². The lowest BCUT2D eigenvalue weighted by atomic mass is 10.1. The Hall–Kier alpha value is -1.40. The van der Waals surface area contributed by atoms with E-state index in [-0.39, 0.29) is 29.9 Å². The van der Waals surface area contributed by atoms with Gasteiger partial charge in [0.25, 0.3) is 0 Å². The van der Waals surface area contributed by atoms with Gasteiger partial charge in [-0.3, -0.25) is 9.69 Å². The van der Waals surface area contributed by atoms with Crippen LogP contribution in [-0.2, 0) is 9.84 Å². The Morgan fingerprint density at radius 1 is 1.45 bits per heavy atom. The van der Waals surface area contributed by atoms with E-state index in [1.165, 1.54) is 0 Å². The number of rotatable bonds is 5. The van der Waals surface area contributed by atoms with Gasteiger partial charge in [-0.15, -0.1) is 0 Å². The van der Waals surface area contributed by atoms with Crippen LogP contribution >= 0.6 is 0 Å². The Balaban J connectivity index is 2.00. The summed E-state index contributed by atoms with van der Waals surface area (Å²) in [4.78, 5) is 14.0. The highest BCUT2D eigenvalue weighted by atomic mass is 32.2. The van der Waals surface area contributed by atoms with Gasteiger partial charge >= 0.3 is 0 Å². The van der Waals surface area contributed by atoms with Crippen molar-refractivity contribution in [3.63, 3.8) is 0 Å². The summed E-state index contributed by atoms with van der Waals surface area (Å²) in [5.41, 5.74) is 0.581. The molecule has 0 aliphatic carbocycles. The molecular weight excluding hydrogens is 278 g/mol. The number of likely N-dealkylation sites (N-methyl/N-ethyl adjacent to an activating group) is 1. The van der Waals surface area contributed by atoms with Crippen LogP contribution in [0.15, 0.2) is 24.3 Å². The molecule has 20 heavy (non-hydrogen) atoms. The molecule has 0 radical (unpaired) electrons. The Morgan fingerprint density at radius 2 is 2.20 bits per heavy atom. The molecule has 1 fully saturated rings. The minimum atomic E-state index is -2.92. The molecule has 1 aliphatic rings. The van der Waals surface area contributed by atoms with Crippen LogP contribution in [0.3, 0.4) is 0 Å². The van der Waals surface area contributed by atoms with E-state index < -0.39 is 9.84 Å². The molecule has 0 bridgehead atoms. The monoisotopic (exact) mass is 297 g/mol. The maximum atomic E-state index is 12.2. The number of methoxy groups -OCH3 is 1. The zero-order valence-corrected chi connectivity index (χ0v) is 12.5. The van der Waals surface area contributed by atoms with Crippen molar-refractivity contribution in [3.05, 3.63) is 29.8 Å². The first-order chi connectivity index (χ1) is 9.41. The fraction of sp³-hybridized carbons (Fsp3) is 0.500. The number of Topliss-reactive ketones (excluding diaryl/α,β-unsaturated/α-hetero) is 1. The summed E-state index contributed by atoms with van der Waals surface area (Å²) in [6.07, 6.45) is 0.601. The van der Waals surface area contributed by atoms with Crippen molar-refractivity contribution in [2.75, 3.05) is 32.2 Å². The molecular formula is C14H19NO4S. The Bertz CT molecular complexity index is 597. The number of ketones is 1. The van der Waals surface area contributed by atoms with Crippen LogP contribution in [0.25, 0.3) is 0 Å². The van der Waals surface area contributed by atoms with Crippen molar-refractivity contribution in [1.29, 1.82) is 0 Å². The van der Waals surface area contributed by atoms with Gasteiger partial charge in [-0.2, -0.15) is 0 Å². The molecule has 6 heteroatoms. The van der Waals surface area contributed by atoms with Crippen LogP contribution in [-0.4, -0.2) is 57.4 Å². The molecule has 2 rings (SSSR count). The van der Waals surface area contributed by atoms with Gasteiger partial charge in [-0.05, 0) is 25.6 Å². The largest absolute Gasteiger partial charge is 0.497 e. The second kappa shape index (κ2) is 5.93. The highest BCUT2D eigenvalue weighted by molar-refractivity contribution is 7.91. The summed E-state index contributed by atoms with van der Waals surface area (Å²) >= 11 is 0. The number of benzene rings is 1. The zero-order chi connectivity index (χ0) is 14.8. The summed E-state index contributed by atoms with van der Waals surface area (Å²) in [6, 6.07) is 6.93. The standard InChI is InChI=1S/C14H19NO4S/c1-15(12-6-7-20(17,18)10-12)9-14(16)11-4-3-5-13(8-11)19-2/h3-5,8,12H,6-7,9-10H2,1-2H3. The lowest BCUT2D eigenvalue weighted by molar-refractivity contribution is 0.0926. The molecule has 1 aromatic rings. The molecule has 1 atom stereocenters. The zero-order valence-electron chi connectivity index (χ0n) is 11.7. The number of carbonyl (C=O) groups excluding carboxylic acids is 1. The third-order valence-corrected chi connectivity index (χ3v) is 5.37. The Labute approximate surface area is 119 Å². The SMILES string of the molecule is COc1cccc(C(=O)CN(C)C2CCS(=O)(=O)C2)c1. The molecule has 1 heterocycles. The second-order valence-corrected chi connectivity index (χ2v) is 7.36. The number of hydrogen-bond acceptors (Lipinski definition) is 5. The van der Waals surface area contributed by atoms with Crippen molar-refractivity contribution in [1.82, 2.24) is 4.90 Å². The molecule has 1 aromatic carbocycles. The van der Waals surface area contributed by atoms with Crippen LogP contribution in [0.1, 0.15) is 16.8 Å². The molecule has 0 amide bonds. The van der Waals surface area contributed by atoms with E-state index in [0.717, 1.165) is 0 Å². The summed E-state index contributed by atoms with van der Waals surface area (Å²) in [6.45, 7) is 0.216. The topological polar surface area (TPSA) is 63.7 Å². The van der Waals surface area contributed by atoms with Crippen LogP contribution in [0.5, 0.6) is 5.75 Å². The quantitative estimate of drug-likeness (QED) is 0.759. The average Bonchev–Trinajstić information content (AvgIpc) is 2.79. The van der Waals surface area contributed by atoms with E-state index in [1.54, 1.807) is 38.4 Å². The van der Waals surface area contributed by atoms with Gasteiger partial charge in [0.05, 0.1) is 25.2 Å². The Morgan fingerprint density at radius 3 is 2.80 bits per heavy atom. The maximum Gasteiger partial charge on any atom is 0.176 e. The van der Waals surface area contributed by atoms with Gasteiger partial charge in [-0.1, -0.05) is 12.1 Å². The summed E-state index contributed by atoms with van der Waals surface area (Å²) < 4.78 is 28.0. The first-order valence-electron chi connectivity index (χ1n) is 6.49. The van der Waals surface area contributed by atoms with Crippen molar-refractivity contribution in [2.45, 2.75) is 12.5 Å². The Kier molecular flexibility index (Phi) is 4.45. The summed E-state index contributed by atoms with van der Waals surface area (Å²) in [5, 5.41) is 0. The summed E-state index contributed by atoms with van der Waals surface area (Å²) in [5.74, 6) is 0.974. The number of hydrogen-bond donors (Lipinski definition) is 0. The van der Waals surface area contributed by atoms with Crippen LogP contribution in [0.2, 0.25) is 0 Å². The maximum absolute atomic E-state index is 12.2. The van der Waals surface area contributed by atoms with Crippen molar-refractivity contribution < 1.29 is 17.9 Å². The smallest absolute Gasteiger partial charge is 0.176 e. The highest BCUT2D eigenvalue weighted by Crippen LogP contribution is 2.18. The molecule has 0 saturated carbocycles. The summed E-state index contributed by atoms with van der Waals surface area (Å²) in [7, 11) is 0.425. The molecule has 1 aliphatic heterocycles. The van der Waals surface area contributed by atoms with E-state index in [4.69, 9.17) is 4.74 Å². The number of carbonyl (C=O) groups is 1. The molecule has 0 spiro atoms. The first-order valence-corrected chi connectivity index (χ1v) is 8.31. The van der Waals surface area contributed by atoms with Gasteiger partial charge < -0.3 is 4.74 Å². The third-order valence-electron chi connectivity index (χ3n) is 3.62. The molecule has 0 N–H and O–H groups in total. The van der Waals surface area contributed by atoms with Crippen LogP contribution in [0.4, 0.5) is 0 Å². The fourth-order valence-electron chi connectivity index (χ4n) is 2.37. The van der Waals surface area contributed by atoms with Crippen LogP contribution < -0.4 is 4.74 Å². The minimum absolute atomic E-state index is 0.0318. The third kappa shape index (κ3) is 3.58. The molecule has 110 valence electrons. The number of sulfone groups is 1. The van der Waals surface area contributed by atoms with Crippen molar-refractivity contribution in [2.24, 2.45) is 0 Å². The van der Waals surface area contributed by atoms with E-state index in [9.17, 15) is 13.2 Å². The molecule has 1 unspecified atom stereocenters. The van der Waals surface area contributed by atoms with E-state index in [0.29, 0.717) is 17.7 Å². The van der Waals surface area contributed by atoms with Crippen LogP contribution in [0, 0.1) is 0 Å². The minimum Gasteiger partial charge on any atom is -0.497 e. The van der Waals surface area contributed by atoms with E-state index in [2.05, 4.69) is 0 Å². The highest BCUT2D eigenvalue weighted by Gasteiger charge is 2.31. The lowest BCUT2D eigenvalue weighted by Crippen LogP contribution is -2.36. The first kappa shape index (κ1) is 15.0. The fourth-order valence-corrected chi connectivity index (χ4v) is 4.17. The predicted octanol–water partition coefficient (Wildman–Crippen LogP) is 0.997. The van der Waals surface area contributed by atoms with E-state index in [1.807, 2.05) is 4.90 Å². The molecule has 5 nitrogen and oxygen atoms in total. The van der Waals surface area contributed by atoms with Crippen molar-refractivity contribution in [3.8, 4) is 5.75 Å². The molecule has 1 saturated heterocycles. The van der Waals surface area contributed by atoms with Gasteiger partial charge in [0, 0.05) is 11.6 Å². The number of nitrogens with zero attached hydrogens (tertiary/aromatic N) is 1. The molecule has 0 aromatic heterocycles. The van der Waals surface area contributed by atoms with Gasteiger partial charge in [0.15, 0.2) is 15.6 Å².